The van der Waals surface area contributed by atoms with Crippen LogP contribution in [0.1, 0.15) is 40.7 Å². The number of piperidine rings is 1. The molecule has 2 heterocycles. The summed E-state index contributed by atoms with van der Waals surface area (Å²) in [5.41, 5.74) is 7.17. The van der Waals surface area contributed by atoms with E-state index in [1.165, 1.54) is 36.4 Å². The molecule has 0 aromatic heterocycles. The highest BCUT2D eigenvalue weighted by molar-refractivity contribution is 8.00. The first-order chi connectivity index (χ1) is 37.7. The van der Waals surface area contributed by atoms with Crippen LogP contribution in [0.2, 0.25) is 0 Å². The number of rotatable bonds is 29. The van der Waals surface area contributed by atoms with Gasteiger partial charge >= 0.3 is 0 Å². The number of sulfonamides is 1. The summed E-state index contributed by atoms with van der Waals surface area (Å²) in [4.78, 5) is 55.9. The van der Waals surface area contributed by atoms with Crippen LogP contribution >= 0.6 is 11.8 Å². The fourth-order valence-corrected chi connectivity index (χ4v) is 11.7. The number of hydrogen-bond acceptors (Lipinski definition) is 23. The Balaban J connectivity index is 1.02. The third kappa shape index (κ3) is 20.3. The summed E-state index contributed by atoms with van der Waals surface area (Å²) >= 11 is 0.939. The van der Waals surface area contributed by atoms with E-state index in [-0.39, 0.29) is 65.6 Å². The minimum absolute atomic E-state index is 0.0413. The summed E-state index contributed by atoms with van der Waals surface area (Å²) in [7, 11) is -20.9. The average Bonchev–Trinajstić information content (AvgIpc) is 3.39. The van der Waals surface area contributed by atoms with E-state index in [4.69, 9.17) is 25.4 Å². The third-order valence-corrected chi connectivity index (χ3v) is 15.9. The number of likely N-dealkylation sites (tertiary alicyclic amines) is 1. The molecule has 7 N–H and O–H groups in total. The number of nitrogen functional groups attached to an aromatic ring is 1. The number of nitrogens with one attached hydrogen (secondary N) is 5. The van der Waals surface area contributed by atoms with E-state index in [0.29, 0.717) is 29.6 Å². The molecule has 6 atom stereocenters. The third-order valence-electron chi connectivity index (χ3n) is 12.0. The van der Waals surface area contributed by atoms with Gasteiger partial charge in [-0.3, -0.25) is 37.1 Å². The predicted molar refractivity (Wildman–Crippen MR) is 281 cm³/mol. The van der Waals surface area contributed by atoms with Gasteiger partial charge in [0, 0.05) is 48.6 Å². The lowest BCUT2D eigenvalue weighted by molar-refractivity contribution is -0.200. The van der Waals surface area contributed by atoms with Crippen LogP contribution in [0, 0.1) is 5.41 Å². The molecule has 0 radical (unpaired) electrons. The van der Waals surface area contributed by atoms with Crippen LogP contribution in [-0.4, -0.2) is 182 Å². The number of ether oxygens (including phenoxy) is 3. The molecule has 0 aliphatic carbocycles. The van der Waals surface area contributed by atoms with Gasteiger partial charge in [0.05, 0.1) is 43.7 Å². The van der Waals surface area contributed by atoms with Crippen molar-refractivity contribution in [1.82, 2.24) is 20.3 Å². The topological polar surface area (TPSA) is 431 Å². The van der Waals surface area contributed by atoms with Gasteiger partial charge in [0.15, 0.2) is 0 Å². The Morgan fingerprint density at radius 3 is 2.08 bits per heavy atom. The number of hydrogen-bond donors (Lipinski definition) is 6. The van der Waals surface area contributed by atoms with E-state index < -0.39 is 115 Å². The molecule has 2 fully saturated rings. The van der Waals surface area contributed by atoms with Crippen molar-refractivity contribution in [2.24, 2.45) is 5.73 Å². The Kier molecular flexibility index (Phi) is 22.8. The van der Waals surface area contributed by atoms with Crippen LogP contribution < -0.4 is 26.4 Å². The van der Waals surface area contributed by atoms with E-state index in [0.717, 1.165) is 36.4 Å². The van der Waals surface area contributed by atoms with Gasteiger partial charge in [-0.15, -0.1) is 11.8 Å². The Labute approximate surface area is 465 Å². The number of thioether (sulfide) groups is 1. The van der Waals surface area contributed by atoms with Crippen LogP contribution in [0.15, 0.2) is 95.9 Å². The zero-order valence-electron chi connectivity index (χ0n) is 42.2. The summed E-state index contributed by atoms with van der Waals surface area (Å²) in [6.45, 7) is -2.25. The fraction of sp³-hybridized carbons (Fsp3) is 0.426. The van der Waals surface area contributed by atoms with E-state index in [1.54, 1.807) is 53.4 Å². The van der Waals surface area contributed by atoms with Crippen molar-refractivity contribution >= 4 is 98.9 Å². The molecule has 0 saturated carbocycles. The first-order valence-corrected chi connectivity index (χ1v) is 30.9. The van der Waals surface area contributed by atoms with Crippen LogP contribution in [0.3, 0.4) is 0 Å². The molecule has 2 aliphatic rings. The van der Waals surface area contributed by atoms with E-state index >= 15 is 0 Å². The second-order valence-corrected chi connectivity index (χ2v) is 23.7. The molecule has 2 aliphatic heterocycles. The Morgan fingerprint density at radius 1 is 0.762 bits per heavy atom. The van der Waals surface area contributed by atoms with Crippen molar-refractivity contribution in [3.05, 3.63) is 108 Å². The number of carbonyl (C=O) groups excluding carboxylic acids is 4. The molecule has 4 aromatic carbocycles. The second-order valence-electron chi connectivity index (χ2n) is 17.9. The summed E-state index contributed by atoms with van der Waals surface area (Å²) in [6.07, 6.45) is -5.36. The number of nitrogens with two attached hydrogens (primary N) is 1. The molecule has 438 valence electrons. The highest BCUT2D eigenvalue weighted by Gasteiger charge is 2.46. The molecule has 6 rings (SSSR count). The Hall–Kier alpha value is -5.76. The largest absolute Gasteiger partial charge is 0.726 e. The maximum absolute atomic E-state index is 14.3. The van der Waals surface area contributed by atoms with Gasteiger partial charge in [0.1, 0.15) is 42.3 Å². The zero-order chi connectivity index (χ0) is 58.3. The number of fused-ring (bicyclic) bond motifs is 1. The highest BCUT2D eigenvalue weighted by atomic mass is 32.3. The average molecular weight is 1220 g/mol. The zero-order valence-corrected chi connectivity index (χ0v) is 46.2. The van der Waals surface area contributed by atoms with Crippen LogP contribution in [0.4, 0.5) is 5.69 Å². The second kappa shape index (κ2) is 28.8. The van der Waals surface area contributed by atoms with E-state index in [2.05, 4.69) is 33.2 Å². The van der Waals surface area contributed by atoms with Gasteiger partial charge in [-0.05, 0) is 72.0 Å². The lowest BCUT2D eigenvalue weighted by atomic mass is 10.0. The molecule has 0 bridgehead atoms. The molecular weight excluding hydrogens is 1160 g/mol. The summed E-state index contributed by atoms with van der Waals surface area (Å²) in [5.74, 6) is -2.95. The van der Waals surface area contributed by atoms with Gasteiger partial charge in [-0.2, -0.15) is 4.72 Å². The number of nitrogens with zero attached hydrogens (tertiary/aromatic N) is 1. The number of amides is 4. The smallest absolute Gasteiger partial charge is 0.251 e. The first kappa shape index (κ1) is 63.4. The normalized spacial score (nSPS) is 18.9. The van der Waals surface area contributed by atoms with E-state index in [9.17, 15) is 66.5 Å². The Morgan fingerprint density at radius 2 is 1.43 bits per heavy atom. The fourth-order valence-electron chi connectivity index (χ4n) is 8.29. The lowest BCUT2D eigenvalue weighted by Crippen LogP contribution is -2.58. The monoisotopic (exact) mass is 1210 g/mol. The number of carbonyl (C=O) groups is 4. The standard InChI is InChI=1S/C47H59N7O21S5/c48-44(49)32-10-8-30(9-11-32)24-37(47(58)54-19-4-1-5-20-54)52-46(57)38(53-77(59,60)36-17-14-31-6-2-3-7-34(31)25-36)28-76-29-41(55)51-35-15-12-33(13-16-35)45(56)50-18-21-70-22-23-71-42-39(27-73-78(61,62)63)72-26-40(74-79(64,65)66)43(42)75-80(67,68)69/h2-3,6-17,25,37-40,42-43,53H,1,4-5,18-24,26-29H2,(H3,48,49)(H,50,56)(H,51,55)(H,52,57)(H,61,62,63)(H,64,65,66)(H,67,68,69)/p-3/t37?,38-,39?,40?,42-,43+/m0/s1. The van der Waals surface area contributed by atoms with Crippen molar-refractivity contribution in [2.45, 2.75) is 67.1 Å². The number of anilines is 1. The molecule has 2 saturated heterocycles. The molecule has 3 unspecified atom stereocenters. The van der Waals surface area contributed by atoms with Crippen LogP contribution in [0.25, 0.3) is 10.8 Å². The maximum Gasteiger partial charge on any atom is 0.251 e. The van der Waals surface area contributed by atoms with Gasteiger partial charge in [0.25, 0.3) is 5.91 Å². The van der Waals surface area contributed by atoms with Gasteiger partial charge < -0.3 is 54.5 Å². The summed E-state index contributed by atoms with van der Waals surface area (Å²) in [6, 6.07) is 21.3. The quantitative estimate of drug-likeness (QED) is 0.0132. The SMILES string of the molecule is N=C(N)c1ccc(CC(NC(=O)[C@H](CSCC(=O)Nc2ccc(C(=O)NCCOCCO[C@H]3C(COS(=O)(=O)[O-])OCC(OS(=O)(=O)[O-])[C@H]3OS(=O)(=O)[O-])cc2)NS(=O)(=O)c2ccc3ccccc3c2)C(=O)N2CCCCC2)cc1. The van der Waals surface area contributed by atoms with Crippen molar-refractivity contribution in [2.75, 3.05) is 69.5 Å². The van der Waals surface area contributed by atoms with Crippen molar-refractivity contribution < 1.29 is 93.3 Å². The van der Waals surface area contributed by atoms with E-state index in [1.807, 2.05) is 6.07 Å². The molecular formula is C47H56N7O21S5-3. The van der Waals surface area contributed by atoms with Crippen LogP contribution in [-0.2, 0) is 88.8 Å². The molecule has 28 nitrogen and oxygen atoms in total. The van der Waals surface area contributed by atoms with Gasteiger partial charge in [-0.1, -0.05) is 54.6 Å². The molecule has 80 heavy (non-hydrogen) atoms. The summed E-state index contributed by atoms with van der Waals surface area (Å²) in [5, 5.41) is 17.2. The highest BCUT2D eigenvalue weighted by Crippen LogP contribution is 2.27. The van der Waals surface area contributed by atoms with Gasteiger partial charge in [-0.25, -0.2) is 33.7 Å². The van der Waals surface area contributed by atoms with Crippen molar-refractivity contribution in [3.8, 4) is 0 Å². The maximum atomic E-state index is 14.3. The predicted octanol–water partition coefficient (Wildman–Crippen LogP) is -0.419. The minimum atomic E-state index is -5.65. The molecule has 33 heteroatoms. The van der Waals surface area contributed by atoms with Crippen LogP contribution in [0.5, 0.6) is 0 Å². The molecule has 0 spiro atoms. The number of amidine groups is 1. The minimum Gasteiger partial charge on any atom is -0.726 e. The first-order valence-electron chi connectivity index (χ1n) is 24.2. The van der Waals surface area contributed by atoms with Crippen molar-refractivity contribution in [3.63, 3.8) is 0 Å². The lowest BCUT2D eigenvalue weighted by Gasteiger charge is -2.41. The van der Waals surface area contributed by atoms with Gasteiger partial charge in [0.2, 0.25) is 58.9 Å². The molecule has 4 amide bonds. The molecule has 4 aromatic rings. The Bertz CT molecular complexity index is 3280. The summed E-state index contributed by atoms with van der Waals surface area (Å²) < 4.78 is 160. The number of benzene rings is 4. The van der Waals surface area contributed by atoms with Crippen molar-refractivity contribution in [1.29, 1.82) is 5.41 Å².